The van der Waals surface area contributed by atoms with Crippen LogP contribution in [-0.4, -0.2) is 33.7 Å². The van der Waals surface area contributed by atoms with Crippen molar-refractivity contribution < 1.29 is 9.13 Å². The lowest BCUT2D eigenvalue weighted by molar-refractivity contribution is 0.0136. The summed E-state index contributed by atoms with van der Waals surface area (Å²) in [5.74, 6) is -0.0122. The quantitative estimate of drug-likeness (QED) is 0.699. The molecule has 0 amide bonds. The van der Waals surface area contributed by atoms with E-state index >= 15 is 0 Å². The van der Waals surface area contributed by atoms with Crippen molar-refractivity contribution in [2.24, 2.45) is 7.05 Å². The van der Waals surface area contributed by atoms with Crippen molar-refractivity contribution in [1.29, 1.82) is 0 Å². The van der Waals surface area contributed by atoms with Crippen LogP contribution in [0.1, 0.15) is 18.6 Å². The van der Waals surface area contributed by atoms with Gasteiger partial charge in [0.2, 0.25) is 5.95 Å². The summed E-state index contributed by atoms with van der Waals surface area (Å²) in [6.45, 7) is 3.14. The van der Waals surface area contributed by atoms with E-state index in [1.807, 2.05) is 42.2 Å². The summed E-state index contributed by atoms with van der Waals surface area (Å²) >= 11 is 0. The lowest BCUT2D eigenvalue weighted by atomic mass is 10.0. The average Bonchev–Trinajstić information content (AvgIpc) is 2.71. The van der Waals surface area contributed by atoms with E-state index in [1.165, 1.54) is 22.9 Å². The van der Waals surface area contributed by atoms with Crippen LogP contribution < -0.4 is 10.5 Å². The first-order chi connectivity index (χ1) is 13.6. The molecule has 3 heterocycles. The van der Waals surface area contributed by atoms with Crippen molar-refractivity contribution in [1.82, 2.24) is 14.5 Å². The number of rotatable bonds is 3. The summed E-state index contributed by atoms with van der Waals surface area (Å²) in [6, 6.07) is 12.8. The Hall–Kier alpha value is -3.06. The van der Waals surface area contributed by atoms with E-state index in [0.717, 1.165) is 11.8 Å². The maximum Gasteiger partial charge on any atom is 0.255 e. The molecule has 1 fully saturated rings. The Kier molecular flexibility index (Phi) is 4.92. The number of morpholine rings is 1. The van der Waals surface area contributed by atoms with Crippen molar-refractivity contribution in [2.75, 3.05) is 18.1 Å². The molecule has 0 unspecified atom stereocenters. The summed E-state index contributed by atoms with van der Waals surface area (Å²) in [4.78, 5) is 23.0. The Morgan fingerprint density at radius 2 is 2.00 bits per heavy atom. The van der Waals surface area contributed by atoms with Crippen molar-refractivity contribution in [2.45, 2.75) is 19.1 Å². The minimum atomic E-state index is -0.508. The number of benzene rings is 1. The van der Waals surface area contributed by atoms with Gasteiger partial charge in [0.15, 0.2) is 5.82 Å². The second-order valence-electron chi connectivity index (χ2n) is 6.83. The molecule has 0 aliphatic carbocycles. The molecule has 1 aliphatic heterocycles. The Morgan fingerprint density at radius 3 is 2.75 bits per heavy atom. The second kappa shape index (κ2) is 7.52. The molecule has 4 rings (SSSR count). The van der Waals surface area contributed by atoms with Gasteiger partial charge >= 0.3 is 0 Å². The van der Waals surface area contributed by atoms with E-state index < -0.39 is 5.82 Å². The van der Waals surface area contributed by atoms with Crippen LogP contribution in [-0.2, 0) is 11.8 Å². The molecule has 1 aromatic carbocycles. The summed E-state index contributed by atoms with van der Waals surface area (Å²) in [5.41, 5.74) is 1.38. The third-order valence-corrected chi connectivity index (χ3v) is 5.10. The zero-order chi connectivity index (χ0) is 19.7. The van der Waals surface area contributed by atoms with Crippen molar-refractivity contribution >= 4 is 5.95 Å². The average molecular weight is 380 g/mol. The highest BCUT2D eigenvalue weighted by Crippen LogP contribution is 2.31. The van der Waals surface area contributed by atoms with Crippen molar-refractivity contribution in [3.05, 3.63) is 76.6 Å². The van der Waals surface area contributed by atoms with E-state index in [0.29, 0.717) is 24.8 Å². The number of halogens is 1. The molecule has 2 atom stereocenters. The van der Waals surface area contributed by atoms with Crippen LogP contribution in [0, 0.1) is 5.82 Å². The SMILES string of the molecule is C[C@@H]1[C@H](c2ccccc2)OCCN1c1nc(-c2ccncc2F)cc(=O)n1C. The minimum absolute atomic E-state index is 0.0493. The molecular formula is C21H21FN4O2. The third-order valence-electron chi connectivity index (χ3n) is 5.10. The van der Waals surface area contributed by atoms with Gasteiger partial charge in [-0.25, -0.2) is 9.37 Å². The molecule has 3 aromatic rings. The summed E-state index contributed by atoms with van der Waals surface area (Å²) in [5, 5.41) is 0. The maximum atomic E-state index is 14.2. The molecular weight excluding hydrogens is 359 g/mol. The van der Waals surface area contributed by atoms with Crippen LogP contribution >= 0.6 is 0 Å². The molecule has 1 aliphatic rings. The molecule has 0 radical (unpaired) electrons. The highest BCUT2D eigenvalue weighted by atomic mass is 19.1. The number of nitrogens with zero attached hydrogens (tertiary/aromatic N) is 4. The topological polar surface area (TPSA) is 60.2 Å². The first-order valence-electron chi connectivity index (χ1n) is 9.17. The van der Waals surface area contributed by atoms with E-state index in [4.69, 9.17) is 4.74 Å². The second-order valence-corrected chi connectivity index (χ2v) is 6.83. The number of ether oxygens (including phenoxy) is 1. The molecule has 1 saturated heterocycles. The van der Waals surface area contributed by atoms with Gasteiger partial charge in [0.25, 0.3) is 5.56 Å². The predicted molar refractivity (Wildman–Crippen MR) is 105 cm³/mol. The Balaban J connectivity index is 1.76. The van der Waals surface area contributed by atoms with E-state index in [9.17, 15) is 9.18 Å². The Bertz CT molecular complexity index is 1040. The molecule has 0 saturated carbocycles. The molecule has 0 bridgehead atoms. The molecule has 7 heteroatoms. The maximum absolute atomic E-state index is 14.2. The van der Waals surface area contributed by atoms with E-state index in [-0.39, 0.29) is 23.3 Å². The Labute approximate surface area is 162 Å². The lowest BCUT2D eigenvalue weighted by Crippen LogP contribution is -2.48. The van der Waals surface area contributed by atoms with E-state index in [2.05, 4.69) is 9.97 Å². The van der Waals surface area contributed by atoms with Crippen molar-refractivity contribution in [3.63, 3.8) is 0 Å². The van der Waals surface area contributed by atoms with Gasteiger partial charge < -0.3 is 9.64 Å². The van der Waals surface area contributed by atoms with Gasteiger partial charge in [-0.1, -0.05) is 30.3 Å². The molecule has 144 valence electrons. The number of hydrogen-bond acceptors (Lipinski definition) is 5. The molecule has 0 N–H and O–H groups in total. The van der Waals surface area contributed by atoms with Crippen LogP contribution in [0.25, 0.3) is 11.3 Å². The van der Waals surface area contributed by atoms with Crippen LogP contribution in [0.3, 0.4) is 0 Å². The highest BCUT2D eigenvalue weighted by Gasteiger charge is 2.32. The lowest BCUT2D eigenvalue weighted by Gasteiger charge is -2.40. The number of pyridine rings is 1. The fraction of sp³-hybridized carbons (Fsp3) is 0.286. The van der Waals surface area contributed by atoms with Crippen molar-refractivity contribution in [3.8, 4) is 11.3 Å². The van der Waals surface area contributed by atoms with E-state index in [1.54, 1.807) is 7.05 Å². The Morgan fingerprint density at radius 1 is 1.21 bits per heavy atom. The monoisotopic (exact) mass is 380 g/mol. The summed E-state index contributed by atoms with van der Waals surface area (Å²) < 4.78 is 21.7. The van der Waals surface area contributed by atoms with Crippen LogP contribution in [0.2, 0.25) is 0 Å². The smallest absolute Gasteiger partial charge is 0.255 e. The zero-order valence-electron chi connectivity index (χ0n) is 15.7. The molecule has 2 aromatic heterocycles. The summed E-state index contributed by atoms with van der Waals surface area (Å²) in [6.07, 6.45) is 2.46. The fourth-order valence-electron chi connectivity index (χ4n) is 3.59. The minimum Gasteiger partial charge on any atom is -0.370 e. The van der Waals surface area contributed by atoms with Gasteiger partial charge in [-0.15, -0.1) is 0 Å². The van der Waals surface area contributed by atoms with Crippen LogP contribution in [0.4, 0.5) is 10.3 Å². The van der Waals surface area contributed by atoms with Gasteiger partial charge in [0.05, 0.1) is 24.5 Å². The molecule has 6 nitrogen and oxygen atoms in total. The number of hydrogen-bond donors (Lipinski definition) is 0. The highest BCUT2D eigenvalue weighted by molar-refractivity contribution is 5.60. The van der Waals surface area contributed by atoms with Crippen LogP contribution in [0.5, 0.6) is 0 Å². The first-order valence-corrected chi connectivity index (χ1v) is 9.17. The molecule has 28 heavy (non-hydrogen) atoms. The van der Waals surface area contributed by atoms with Crippen LogP contribution in [0.15, 0.2) is 59.7 Å². The number of anilines is 1. The predicted octanol–water partition coefficient (Wildman–Crippen LogP) is 2.95. The largest absolute Gasteiger partial charge is 0.370 e. The zero-order valence-corrected chi connectivity index (χ0v) is 15.7. The van der Waals surface area contributed by atoms with Gasteiger partial charge in [0.1, 0.15) is 6.10 Å². The first kappa shape index (κ1) is 18.3. The third kappa shape index (κ3) is 3.29. The molecule has 0 spiro atoms. The van der Waals surface area contributed by atoms with Gasteiger partial charge in [0, 0.05) is 31.4 Å². The standard InChI is InChI=1S/C21H21FN4O2/c1-14-20(15-6-4-3-5-7-15)28-11-10-26(14)21-24-18(12-19(27)25(21)2)16-8-9-23-13-17(16)22/h3-9,12-14,20H,10-11H2,1-2H3/t14-,20-/m1/s1. The van der Waals surface area contributed by atoms with Gasteiger partial charge in [-0.05, 0) is 18.6 Å². The normalized spacial score (nSPS) is 19.6. The number of aromatic nitrogens is 3. The van der Waals surface area contributed by atoms with Gasteiger partial charge in [-0.2, -0.15) is 0 Å². The summed E-state index contributed by atoms with van der Waals surface area (Å²) in [7, 11) is 1.68. The fourth-order valence-corrected chi connectivity index (χ4v) is 3.59. The van der Waals surface area contributed by atoms with Gasteiger partial charge in [-0.3, -0.25) is 14.3 Å².